The van der Waals surface area contributed by atoms with E-state index < -0.39 is 6.04 Å². The van der Waals surface area contributed by atoms with Crippen molar-refractivity contribution in [1.29, 1.82) is 0 Å². The van der Waals surface area contributed by atoms with Crippen molar-refractivity contribution in [2.45, 2.75) is 70.5 Å². The second kappa shape index (κ2) is 14.7. The van der Waals surface area contributed by atoms with Gasteiger partial charge in [-0.3, -0.25) is 9.59 Å². The van der Waals surface area contributed by atoms with Gasteiger partial charge in [0, 0.05) is 11.6 Å². The topological polar surface area (TPSA) is 77.1 Å². The molecule has 1 atom stereocenters. The average Bonchev–Trinajstić information content (AvgIpc) is 3.20. The van der Waals surface area contributed by atoms with E-state index in [2.05, 4.69) is 5.32 Å². The number of para-hydroxylation sites is 1. The van der Waals surface area contributed by atoms with Crippen molar-refractivity contribution >= 4 is 23.4 Å². The van der Waals surface area contributed by atoms with Crippen LogP contribution >= 0.6 is 11.6 Å². The Labute approximate surface area is 225 Å². The van der Waals surface area contributed by atoms with Crippen LogP contribution in [0.25, 0.3) is 0 Å². The molecule has 1 saturated carbocycles. The second-order valence-corrected chi connectivity index (χ2v) is 9.59. The van der Waals surface area contributed by atoms with Gasteiger partial charge in [0.25, 0.3) is 0 Å². The van der Waals surface area contributed by atoms with Gasteiger partial charge in [0.2, 0.25) is 11.8 Å². The highest BCUT2D eigenvalue weighted by molar-refractivity contribution is 6.27. The van der Waals surface area contributed by atoms with E-state index in [0.29, 0.717) is 29.4 Å². The molecule has 1 aliphatic rings. The third kappa shape index (κ3) is 7.78. The summed E-state index contributed by atoms with van der Waals surface area (Å²) in [6, 6.07) is 12.0. The van der Waals surface area contributed by atoms with Crippen LogP contribution in [-0.4, -0.2) is 49.5 Å². The number of hydrogen-bond donors (Lipinski definition) is 1. The first-order chi connectivity index (χ1) is 18.0. The van der Waals surface area contributed by atoms with Gasteiger partial charge in [-0.05, 0) is 43.0 Å². The Balaban J connectivity index is 2.03. The van der Waals surface area contributed by atoms with E-state index in [-0.39, 0.29) is 30.3 Å². The van der Waals surface area contributed by atoms with Crippen LogP contribution in [0.2, 0.25) is 0 Å². The molecular weight excluding hydrogens is 492 g/mol. The van der Waals surface area contributed by atoms with Crippen LogP contribution in [-0.2, 0) is 16.1 Å². The van der Waals surface area contributed by atoms with Gasteiger partial charge in [0.05, 0.1) is 27.4 Å². The van der Waals surface area contributed by atoms with Crippen molar-refractivity contribution in [2.75, 3.05) is 26.7 Å². The van der Waals surface area contributed by atoms with Crippen molar-refractivity contribution in [1.82, 2.24) is 10.2 Å². The van der Waals surface area contributed by atoms with Crippen molar-refractivity contribution < 1.29 is 23.8 Å². The number of benzene rings is 2. The molecule has 1 unspecified atom stereocenters. The van der Waals surface area contributed by atoms with E-state index in [9.17, 15) is 9.59 Å². The van der Waals surface area contributed by atoms with E-state index in [1.165, 1.54) is 17.7 Å². The summed E-state index contributed by atoms with van der Waals surface area (Å²) in [6.07, 6.45) is 7.24. The number of hydrogen-bond acceptors (Lipinski definition) is 5. The number of nitrogens with one attached hydrogen (secondary N) is 1. The molecule has 0 saturated heterocycles. The number of ether oxygens (including phenoxy) is 3. The third-order valence-corrected chi connectivity index (χ3v) is 6.92. The fraction of sp³-hybridized carbons (Fsp3) is 0.517. The largest absolute Gasteiger partial charge is 0.496 e. The Bertz CT molecular complexity index is 1020. The fourth-order valence-corrected chi connectivity index (χ4v) is 4.93. The van der Waals surface area contributed by atoms with Crippen LogP contribution in [0.4, 0.5) is 0 Å². The average molecular weight is 531 g/mol. The van der Waals surface area contributed by atoms with E-state index in [1.54, 1.807) is 26.4 Å². The SMILES string of the molecule is CCCOc1ccc(C(C(=O)NC2CCCCCC2)N(Cc2ccccc2OC)C(=O)CCl)cc1OC. The van der Waals surface area contributed by atoms with Gasteiger partial charge in [-0.1, -0.05) is 56.9 Å². The number of nitrogens with zero attached hydrogens (tertiary/aromatic N) is 1. The maximum Gasteiger partial charge on any atom is 0.247 e. The lowest BCUT2D eigenvalue weighted by molar-refractivity contribution is -0.140. The Kier molecular flexibility index (Phi) is 11.4. The number of carbonyl (C=O) groups is 2. The minimum atomic E-state index is -0.909. The number of halogens is 1. The maximum absolute atomic E-state index is 13.9. The van der Waals surface area contributed by atoms with Crippen LogP contribution < -0.4 is 19.5 Å². The lowest BCUT2D eigenvalue weighted by Gasteiger charge is -2.33. The summed E-state index contributed by atoms with van der Waals surface area (Å²) in [5, 5.41) is 3.24. The zero-order valence-corrected chi connectivity index (χ0v) is 22.9. The Morgan fingerprint density at radius 3 is 2.35 bits per heavy atom. The highest BCUT2D eigenvalue weighted by Crippen LogP contribution is 2.34. The monoisotopic (exact) mass is 530 g/mol. The molecule has 1 aliphatic carbocycles. The normalized spacial score (nSPS) is 14.8. The molecule has 3 rings (SSSR count). The van der Waals surface area contributed by atoms with Gasteiger partial charge < -0.3 is 24.4 Å². The molecule has 0 aromatic heterocycles. The number of carbonyl (C=O) groups excluding carboxylic acids is 2. The summed E-state index contributed by atoms with van der Waals surface area (Å²) in [4.78, 5) is 28.7. The number of amides is 2. The van der Waals surface area contributed by atoms with E-state index in [1.807, 2.05) is 37.3 Å². The molecule has 0 aliphatic heterocycles. The minimum absolute atomic E-state index is 0.0748. The molecule has 7 nitrogen and oxygen atoms in total. The molecule has 1 N–H and O–H groups in total. The maximum atomic E-state index is 13.9. The smallest absolute Gasteiger partial charge is 0.247 e. The molecule has 2 amide bonds. The Hall–Kier alpha value is -2.93. The summed E-state index contributed by atoms with van der Waals surface area (Å²) < 4.78 is 16.9. The van der Waals surface area contributed by atoms with Gasteiger partial charge in [-0.25, -0.2) is 0 Å². The van der Waals surface area contributed by atoms with Crippen LogP contribution in [0.5, 0.6) is 17.2 Å². The standard InChI is InChI=1S/C29H39ClN2O5/c1-4-17-37-25-16-15-21(18-26(25)36-3)28(29(34)31-23-12-7-5-6-8-13-23)32(27(33)19-30)20-22-11-9-10-14-24(22)35-2/h9-11,14-16,18,23,28H,4-8,12-13,17,19-20H2,1-3H3,(H,31,34). The number of alkyl halides is 1. The van der Waals surface area contributed by atoms with Gasteiger partial charge in [0.15, 0.2) is 11.5 Å². The van der Waals surface area contributed by atoms with Gasteiger partial charge >= 0.3 is 0 Å². The first-order valence-electron chi connectivity index (χ1n) is 13.1. The summed E-state index contributed by atoms with van der Waals surface area (Å²) in [5.74, 6) is 0.906. The van der Waals surface area contributed by atoms with Gasteiger partial charge in [-0.15, -0.1) is 11.6 Å². The van der Waals surface area contributed by atoms with Crippen molar-refractivity contribution in [3.05, 3.63) is 53.6 Å². The molecule has 0 heterocycles. The summed E-state index contributed by atoms with van der Waals surface area (Å²) in [7, 11) is 3.15. The Morgan fingerprint density at radius 2 is 1.70 bits per heavy atom. The van der Waals surface area contributed by atoms with Crippen LogP contribution in [0.3, 0.4) is 0 Å². The summed E-state index contributed by atoms with van der Waals surface area (Å²) in [6.45, 7) is 2.74. The highest BCUT2D eigenvalue weighted by atomic mass is 35.5. The van der Waals surface area contributed by atoms with E-state index in [4.69, 9.17) is 25.8 Å². The molecule has 2 aromatic carbocycles. The van der Waals surface area contributed by atoms with Gasteiger partial charge in [0.1, 0.15) is 17.7 Å². The molecule has 0 spiro atoms. The van der Waals surface area contributed by atoms with Crippen molar-refractivity contribution in [3.8, 4) is 17.2 Å². The lowest BCUT2D eigenvalue weighted by atomic mass is 10.0. The molecule has 202 valence electrons. The number of rotatable bonds is 12. The van der Waals surface area contributed by atoms with Crippen LogP contribution in [0.1, 0.15) is 69.0 Å². The third-order valence-electron chi connectivity index (χ3n) is 6.69. The predicted octanol–water partition coefficient (Wildman–Crippen LogP) is 5.64. The van der Waals surface area contributed by atoms with Crippen LogP contribution in [0, 0.1) is 0 Å². The molecule has 8 heteroatoms. The molecule has 2 aromatic rings. The molecular formula is C29H39ClN2O5. The minimum Gasteiger partial charge on any atom is -0.496 e. The quantitative estimate of drug-likeness (QED) is 0.284. The zero-order valence-electron chi connectivity index (χ0n) is 22.1. The first kappa shape index (κ1) is 28.6. The van der Waals surface area contributed by atoms with E-state index >= 15 is 0 Å². The van der Waals surface area contributed by atoms with Gasteiger partial charge in [-0.2, -0.15) is 0 Å². The molecule has 0 radical (unpaired) electrons. The first-order valence-corrected chi connectivity index (χ1v) is 13.6. The van der Waals surface area contributed by atoms with Crippen LogP contribution in [0.15, 0.2) is 42.5 Å². The Morgan fingerprint density at radius 1 is 1.00 bits per heavy atom. The zero-order chi connectivity index (χ0) is 26.6. The highest BCUT2D eigenvalue weighted by Gasteiger charge is 2.33. The fourth-order valence-electron chi connectivity index (χ4n) is 4.78. The predicted molar refractivity (Wildman–Crippen MR) is 145 cm³/mol. The van der Waals surface area contributed by atoms with Crippen molar-refractivity contribution in [2.24, 2.45) is 0 Å². The second-order valence-electron chi connectivity index (χ2n) is 9.33. The summed E-state index contributed by atoms with van der Waals surface area (Å²) in [5.41, 5.74) is 1.41. The molecule has 37 heavy (non-hydrogen) atoms. The van der Waals surface area contributed by atoms with Crippen molar-refractivity contribution in [3.63, 3.8) is 0 Å². The lowest BCUT2D eigenvalue weighted by Crippen LogP contribution is -2.46. The molecule has 0 bridgehead atoms. The van der Waals surface area contributed by atoms with E-state index in [0.717, 1.165) is 37.7 Å². The molecule has 1 fully saturated rings. The summed E-state index contributed by atoms with van der Waals surface area (Å²) >= 11 is 6.08. The number of methoxy groups -OCH3 is 2.